The molecule has 0 saturated carbocycles. The summed E-state index contributed by atoms with van der Waals surface area (Å²) in [7, 11) is 0. The van der Waals surface area contributed by atoms with E-state index in [1.807, 2.05) is 42.5 Å². The highest BCUT2D eigenvalue weighted by Crippen LogP contribution is 2.23. The zero-order chi connectivity index (χ0) is 16.9. The molecule has 1 N–H and O–H groups in total. The molecule has 2 aromatic carbocycles. The summed E-state index contributed by atoms with van der Waals surface area (Å²) < 4.78 is 7.83. The van der Waals surface area contributed by atoms with Crippen molar-refractivity contribution < 1.29 is 9.53 Å². The van der Waals surface area contributed by atoms with Crippen LogP contribution in [-0.4, -0.2) is 22.1 Å². The number of carbonyl (C=O) groups excluding carboxylic acids is 1. The Morgan fingerprint density at radius 1 is 1.21 bits per heavy atom. The van der Waals surface area contributed by atoms with Crippen LogP contribution in [0.5, 0.6) is 5.75 Å². The molecule has 0 aliphatic rings. The molecule has 124 valence electrons. The summed E-state index contributed by atoms with van der Waals surface area (Å²) in [6, 6.07) is 15.3. The molecule has 0 unspecified atom stereocenters. The molecule has 3 aromatic rings. The third-order valence-electron chi connectivity index (χ3n) is 3.64. The molecule has 0 bridgehead atoms. The molecule has 1 aromatic heterocycles. The van der Waals surface area contributed by atoms with Crippen molar-refractivity contribution in [2.45, 2.75) is 20.0 Å². The summed E-state index contributed by atoms with van der Waals surface area (Å²) in [4.78, 5) is 15.8. The van der Waals surface area contributed by atoms with E-state index >= 15 is 0 Å². The van der Waals surface area contributed by atoms with Gasteiger partial charge in [0, 0.05) is 6.92 Å². The van der Waals surface area contributed by atoms with E-state index in [1.54, 1.807) is 6.07 Å². The lowest BCUT2D eigenvalue weighted by molar-refractivity contribution is -0.119. The lowest BCUT2D eigenvalue weighted by atomic mass is 10.3. The van der Waals surface area contributed by atoms with Crippen LogP contribution in [0.2, 0.25) is 5.02 Å². The van der Waals surface area contributed by atoms with Crippen molar-refractivity contribution in [3.8, 4) is 5.75 Å². The van der Waals surface area contributed by atoms with E-state index in [4.69, 9.17) is 16.3 Å². The van der Waals surface area contributed by atoms with Crippen molar-refractivity contribution in [3.63, 3.8) is 0 Å². The number of benzene rings is 2. The van der Waals surface area contributed by atoms with Gasteiger partial charge in [-0.15, -0.1) is 0 Å². The zero-order valence-electron chi connectivity index (χ0n) is 13.3. The van der Waals surface area contributed by atoms with Gasteiger partial charge in [-0.1, -0.05) is 35.9 Å². The van der Waals surface area contributed by atoms with Gasteiger partial charge in [0.25, 0.3) is 0 Å². The second-order valence-electron chi connectivity index (χ2n) is 5.36. The fraction of sp³-hybridized carbons (Fsp3) is 0.222. The van der Waals surface area contributed by atoms with Crippen molar-refractivity contribution in [2.75, 3.05) is 6.61 Å². The maximum absolute atomic E-state index is 11.2. The minimum absolute atomic E-state index is 0.0825. The number of carbonyl (C=O) groups is 1. The second kappa shape index (κ2) is 7.36. The molecule has 5 nitrogen and oxygen atoms in total. The summed E-state index contributed by atoms with van der Waals surface area (Å²) in [5.41, 5.74) is 1.91. The third kappa shape index (κ3) is 3.68. The number of halogens is 1. The van der Waals surface area contributed by atoms with Crippen LogP contribution in [-0.2, 0) is 17.9 Å². The fourth-order valence-corrected chi connectivity index (χ4v) is 2.71. The van der Waals surface area contributed by atoms with Crippen LogP contribution in [0.3, 0.4) is 0 Å². The van der Waals surface area contributed by atoms with Crippen LogP contribution >= 0.6 is 11.6 Å². The van der Waals surface area contributed by atoms with E-state index in [-0.39, 0.29) is 5.91 Å². The average Bonchev–Trinajstić information content (AvgIpc) is 2.93. The molecule has 6 heteroatoms. The van der Waals surface area contributed by atoms with Crippen molar-refractivity contribution in [1.29, 1.82) is 0 Å². The van der Waals surface area contributed by atoms with E-state index in [9.17, 15) is 4.79 Å². The Hall–Kier alpha value is -2.53. The quantitative estimate of drug-likeness (QED) is 0.746. The first-order valence-electron chi connectivity index (χ1n) is 7.71. The molecule has 0 saturated heterocycles. The molecule has 1 heterocycles. The number of nitrogens with zero attached hydrogens (tertiary/aromatic N) is 2. The first-order chi connectivity index (χ1) is 11.6. The van der Waals surface area contributed by atoms with Crippen molar-refractivity contribution >= 4 is 28.5 Å². The highest BCUT2D eigenvalue weighted by atomic mass is 35.5. The van der Waals surface area contributed by atoms with Gasteiger partial charge in [-0.05, 0) is 24.3 Å². The zero-order valence-corrected chi connectivity index (χ0v) is 14.1. The largest absolute Gasteiger partial charge is 0.490 e. The molecule has 0 spiro atoms. The number of amides is 1. The Kier molecular flexibility index (Phi) is 5.01. The standard InChI is InChI=1S/C18H18ClN3O2/c1-13(23)20-12-18-21-15-7-3-4-8-16(15)22(18)10-11-24-17-9-5-2-6-14(17)19/h2-9H,10-12H2,1H3,(H,20,23). The average molecular weight is 344 g/mol. The number of fused-ring (bicyclic) bond motifs is 1. The molecule has 0 atom stereocenters. The van der Waals surface area contributed by atoms with E-state index in [0.29, 0.717) is 30.5 Å². The molecular formula is C18H18ClN3O2. The van der Waals surface area contributed by atoms with E-state index < -0.39 is 0 Å². The van der Waals surface area contributed by atoms with Gasteiger partial charge in [0.05, 0.1) is 29.1 Å². The maximum atomic E-state index is 11.2. The van der Waals surface area contributed by atoms with Crippen LogP contribution in [0, 0.1) is 0 Å². The van der Waals surface area contributed by atoms with E-state index in [2.05, 4.69) is 14.9 Å². The van der Waals surface area contributed by atoms with Crippen LogP contribution < -0.4 is 10.1 Å². The first kappa shape index (κ1) is 16.3. The van der Waals surface area contributed by atoms with Crippen molar-refractivity contribution in [3.05, 3.63) is 59.4 Å². The van der Waals surface area contributed by atoms with Gasteiger partial charge in [0.2, 0.25) is 5.91 Å². The Bertz CT molecular complexity index is 860. The van der Waals surface area contributed by atoms with E-state index in [0.717, 1.165) is 16.9 Å². The van der Waals surface area contributed by atoms with Crippen LogP contribution in [0.4, 0.5) is 0 Å². The van der Waals surface area contributed by atoms with Gasteiger partial charge in [0.15, 0.2) is 0 Å². The van der Waals surface area contributed by atoms with Gasteiger partial charge in [-0.2, -0.15) is 0 Å². The normalized spacial score (nSPS) is 10.8. The predicted molar refractivity (Wildman–Crippen MR) is 94.2 cm³/mol. The molecule has 24 heavy (non-hydrogen) atoms. The van der Waals surface area contributed by atoms with Gasteiger partial charge < -0.3 is 14.6 Å². The number of hydrogen-bond acceptors (Lipinski definition) is 3. The first-order valence-corrected chi connectivity index (χ1v) is 8.09. The lowest BCUT2D eigenvalue weighted by Gasteiger charge is -2.11. The lowest BCUT2D eigenvalue weighted by Crippen LogP contribution is -2.22. The molecular weight excluding hydrogens is 326 g/mol. The molecule has 0 radical (unpaired) electrons. The van der Waals surface area contributed by atoms with E-state index in [1.165, 1.54) is 6.92 Å². The Labute approximate surface area is 145 Å². The monoisotopic (exact) mass is 343 g/mol. The summed E-state index contributed by atoms with van der Waals surface area (Å²) in [6.45, 7) is 2.95. The highest BCUT2D eigenvalue weighted by Gasteiger charge is 2.11. The Balaban J connectivity index is 1.78. The molecule has 0 fully saturated rings. The number of hydrogen-bond donors (Lipinski definition) is 1. The number of imidazole rings is 1. The number of ether oxygens (including phenoxy) is 1. The maximum Gasteiger partial charge on any atom is 0.217 e. The fourth-order valence-electron chi connectivity index (χ4n) is 2.52. The Morgan fingerprint density at radius 3 is 2.75 bits per heavy atom. The molecule has 3 rings (SSSR count). The minimum atomic E-state index is -0.0825. The highest BCUT2D eigenvalue weighted by molar-refractivity contribution is 6.32. The van der Waals surface area contributed by atoms with Crippen LogP contribution in [0.15, 0.2) is 48.5 Å². The van der Waals surface area contributed by atoms with Crippen LogP contribution in [0.1, 0.15) is 12.7 Å². The van der Waals surface area contributed by atoms with Gasteiger partial charge in [-0.3, -0.25) is 4.79 Å². The SMILES string of the molecule is CC(=O)NCc1nc2ccccc2n1CCOc1ccccc1Cl. The van der Waals surface area contributed by atoms with Crippen molar-refractivity contribution in [2.24, 2.45) is 0 Å². The Morgan fingerprint density at radius 2 is 1.96 bits per heavy atom. The van der Waals surface area contributed by atoms with Crippen LogP contribution in [0.25, 0.3) is 11.0 Å². The topological polar surface area (TPSA) is 56.2 Å². The number of nitrogens with one attached hydrogen (secondary N) is 1. The summed E-state index contributed by atoms with van der Waals surface area (Å²) in [6.07, 6.45) is 0. The summed E-state index contributed by atoms with van der Waals surface area (Å²) >= 11 is 6.10. The smallest absolute Gasteiger partial charge is 0.217 e. The van der Waals surface area contributed by atoms with Gasteiger partial charge in [-0.25, -0.2) is 4.98 Å². The number of para-hydroxylation sites is 3. The summed E-state index contributed by atoms with van der Waals surface area (Å²) in [5.74, 6) is 1.38. The summed E-state index contributed by atoms with van der Waals surface area (Å²) in [5, 5.41) is 3.39. The van der Waals surface area contributed by atoms with Crippen molar-refractivity contribution in [1.82, 2.24) is 14.9 Å². The molecule has 1 amide bonds. The van der Waals surface area contributed by atoms with Gasteiger partial charge in [0.1, 0.15) is 18.2 Å². The third-order valence-corrected chi connectivity index (χ3v) is 3.95. The number of aromatic nitrogens is 2. The second-order valence-corrected chi connectivity index (χ2v) is 5.76. The molecule has 0 aliphatic carbocycles. The predicted octanol–water partition coefficient (Wildman–Crippen LogP) is 3.40. The number of rotatable bonds is 6. The molecule has 0 aliphatic heterocycles. The minimum Gasteiger partial charge on any atom is -0.490 e. The van der Waals surface area contributed by atoms with Gasteiger partial charge >= 0.3 is 0 Å².